The number of aliphatic carboxylic acids is 1. The quantitative estimate of drug-likeness (QED) is 0.751. The highest BCUT2D eigenvalue weighted by Crippen LogP contribution is 2.08. The molecule has 0 bridgehead atoms. The van der Waals surface area contributed by atoms with Crippen LogP contribution in [0.3, 0.4) is 0 Å². The number of carbonyl (C=O) groups is 1. The van der Waals surface area contributed by atoms with Crippen molar-refractivity contribution in [2.75, 3.05) is 5.75 Å². The van der Waals surface area contributed by atoms with E-state index in [1.807, 2.05) is 36.4 Å². The molecule has 80 valence electrons. The van der Waals surface area contributed by atoms with Crippen LogP contribution in [0, 0.1) is 0 Å². The summed E-state index contributed by atoms with van der Waals surface area (Å²) in [4.78, 5) is 10.4. The summed E-state index contributed by atoms with van der Waals surface area (Å²) in [5, 5.41) is 8.53. The molecule has 3 heteroatoms. The molecular weight excluding hydrogens is 208 g/mol. The smallest absolute Gasteiger partial charge is 0.303 e. The highest BCUT2D eigenvalue weighted by atomic mass is 32.1. The lowest BCUT2D eigenvalue weighted by molar-refractivity contribution is -0.136. The Balaban J connectivity index is 2.56. The average molecular weight is 222 g/mol. The summed E-state index contributed by atoms with van der Waals surface area (Å²) in [6.07, 6.45) is 4.74. The summed E-state index contributed by atoms with van der Waals surface area (Å²) in [5.41, 5.74) is 2.17. The molecule has 1 aromatic carbocycles. The first kappa shape index (κ1) is 11.9. The van der Waals surface area contributed by atoms with Gasteiger partial charge in [0.2, 0.25) is 0 Å². The third-order valence-electron chi connectivity index (χ3n) is 2.02. The largest absolute Gasteiger partial charge is 0.481 e. The van der Waals surface area contributed by atoms with Crippen molar-refractivity contribution < 1.29 is 9.90 Å². The fourth-order valence-electron chi connectivity index (χ4n) is 1.24. The molecule has 0 unspecified atom stereocenters. The number of rotatable bonds is 5. The molecule has 0 heterocycles. The summed E-state index contributed by atoms with van der Waals surface area (Å²) in [7, 11) is 0. The van der Waals surface area contributed by atoms with E-state index in [0.29, 0.717) is 6.42 Å². The summed E-state index contributed by atoms with van der Waals surface area (Å²) >= 11 is 4.08. The van der Waals surface area contributed by atoms with Crippen molar-refractivity contribution in [1.82, 2.24) is 0 Å². The Bertz CT molecular complexity index is 341. The van der Waals surface area contributed by atoms with Gasteiger partial charge in [-0.3, -0.25) is 4.79 Å². The Morgan fingerprint density at radius 1 is 1.33 bits per heavy atom. The van der Waals surface area contributed by atoms with Crippen LogP contribution in [0.2, 0.25) is 0 Å². The third kappa shape index (κ3) is 4.70. The summed E-state index contributed by atoms with van der Waals surface area (Å²) in [6, 6.07) is 7.89. The van der Waals surface area contributed by atoms with E-state index in [1.54, 1.807) is 0 Å². The van der Waals surface area contributed by atoms with Crippen molar-refractivity contribution in [2.45, 2.75) is 12.8 Å². The lowest BCUT2D eigenvalue weighted by atomic mass is 10.1. The molecule has 0 radical (unpaired) electrons. The van der Waals surface area contributed by atoms with Crippen LogP contribution < -0.4 is 0 Å². The Hall–Kier alpha value is -1.22. The zero-order chi connectivity index (χ0) is 11.1. The fourth-order valence-corrected chi connectivity index (χ4v) is 1.34. The molecule has 15 heavy (non-hydrogen) atoms. The molecule has 0 aliphatic carbocycles. The maximum absolute atomic E-state index is 10.4. The van der Waals surface area contributed by atoms with Gasteiger partial charge < -0.3 is 5.11 Å². The van der Waals surface area contributed by atoms with Gasteiger partial charge in [-0.1, -0.05) is 36.4 Å². The highest BCUT2D eigenvalue weighted by molar-refractivity contribution is 7.80. The predicted molar refractivity (Wildman–Crippen MR) is 65.3 cm³/mol. The molecular formula is C12H14O2S. The minimum absolute atomic E-state index is 0.186. The molecule has 0 fully saturated rings. The SMILES string of the molecule is O=C(O)CCc1ccc(C=CCS)cc1. The van der Waals surface area contributed by atoms with E-state index >= 15 is 0 Å². The van der Waals surface area contributed by atoms with Crippen molar-refractivity contribution in [2.24, 2.45) is 0 Å². The van der Waals surface area contributed by atoms with Crippen molar-refractivity contribution in [1.29, 1.82) is 0 Å². The highest BCUT2D eigenvalue weighted by Gasteiger charge is 1.98. The van der Waals surface area contributed by atoms with E-state index in [4.69, 9.17) is 5.11 Å². The third-order valence-corrected chi connectivity index (χ3v) is 2.23. The van der Waals surface area contributed by atoms with Crippen molar-refractivity contribution in [3.8, 4) is 0 Å². The second-order valence-corrected chi connectivity index (χ2v) is 3.59. The van der Waals surface area contributed by atoms with E-state index in [0.717, 1.165) is 16.9 Å². The number of hydrogen-bond acceptors (Lipinski definition) is 2. The molecule has 2 nitrogen and oxygen atoms in total. The van der Waals surface area contributed by atoms with Gasteiger partial charge >= 0.3 is 5.97 Å². The Morgan fingerprint density at radius 2 is 2.00 bits per heavy atom. The maximum atomic E-state index is 10.4. The van der Waals surface area contributed by atoms with E-state index in [1.165, 1.54) is 0 Å². The minimum atomic E-state index is -0.756. The van der Waals surface area contributed by atoms with Crippen LogP contribution in [0.5, 0.6) is 0 Å². The Kier molecular flexibility index (Phi) is 4.98. The average Bonchev–Trinajstić information content (AvgIpc) is 2.25. The first-order valence-corrected chi connectivity index (χ1v) is 5.44. The van der Waals surface area contributed by atoms with Gasteiger partial charge in [-0.05, 0) is 17.5 Å². The summed E-state index contributed by atoms with van der Waals surface area (Å²) in [6.45, 7) is 0. The van der Waals surface area contributed by atoms with Gasteiger partial charge in [-0.15, -0.1) is 0 Å². The van der Waals surface area contributed by atoms with Crippen LogP contribution >= 0.6 is 12.6 Å². The molecule has 1 rings (SSSR count). The van der Waals surface area contributed by atoms with E-state index in [2.05, 4.69) is 12.6 Å². The topological polar surface area (TPSA) is 37.3 Å². The van der Waals surface area contributed by atoms with E-state index < -0.39 is 5.97 Å². The number of aryl methyl sites for hydroxylation is 1. The second kappa shape index (κ2) is 6.30. The van der Waals surface area contributed by atoms with Crippen LogP contribution in [-0.2, 0) is 11.2 Å². The normalized spacial score (nSPS) is 10.7. The summed E-state index contributed by atoms with van der Waals surface area (Å²) in [5.74, 6) is -0.0325. The molecule has 0 atom stereocenters. The van der Waals surface area contributed by atoms with Gasteiger partial charge in [0, 0.05) is 12.2 Å². The van der Waals surface area contributed by atoms with Gasteiger partial charge in [-0.25, -0.2) is 0 Å². The van der Waals surface area contributed by atoms with Gasteiger partial charge in [0.05, 0.1) is 0 Å². The molecule has 0 aliphatic rings. The number of thiol groups is 1. The molecule has 0 aliphatic heterocycles. The number of benzene rings is 1. The Labute approximate surface area is 95.0 Å². The molecule has 0 saturated carbocycles. The van der Waals surface area contributed by atoms with Crippen LogP contribution in [0.4, 0.5) is 0 Å². The minimum Gasteiger partial charge on any atom is -0.481 e. The second-order valence-electron chi connectivity index (χ2n) is 3.22. The first-order chi connectivity index (χ1) is 7.22. The molecule has 0 spiro atoms. The lowest BCUT2D eigenvalue weighted by Gasteiger charge is -1.99. The van der Waals surface area contributed by atoms with Crippen LogP contribution in [0.25, 0.3) is 6.08 Å². The number of hydrogen-bond donors (Lipinski definition) is 2. The fraction of sp³-hybridized carbons (Fsp3) is 0.250. The molecule has 0 saturated heterocycles. The maximum Gasteiger partial charge on any atom is 0.303 e. The van der Waals surface area contributed by atoms with Crippen molar-refractivity contribution >= 4 is 24.7 Å². The van der Waals surface area contributed by atoms with Gasteiger partial charge in [0.15, 0.2) is 0 Å². The van der Waals surface area contributed by atoms with Gasteiger partial charge in [0.25, 0.3) is 0 Å². The number of carboxylic acids is 1. The predicted octanol–water partition coefficient (Wildman–Crippen LogP) is 2.65. The van der Waals surface area contributed by atoms with Crippen LogP contribution in [0.15, 0.2) is 30.3 Å². The summed E-state index contributed by atoms with van der Waals surface area (Å²) < 4.78 is 0. The standard InChI is InChI=1S/C12H14O2S/c13-12(14)8-7-11-5-3-10(4-6-11)2-1-9-15/h1-6,15H,7-9H2,(H,13,14). The number of carboxylic acid groups (broad SMARTS) is 1. The first-order valence-electron chi connectivity index (χ1n) is 4.80. The van der Waals surface area contributed by atoms with Gasteiger partial charge in [0.1, 0.15) is 0 Å². The lowest BCUT2D eigenvalue weighted by Crippen LogP contribution is -1.97. The van der Waals surface area contributed by atoms with Gasteiger partial charge in [-0.2, -0.15) is 12.6 Å². The monoisotopic (exact) mass is 222 g/mol. The zero-order valence-corrected chi connectivity index (χ0v) is 9.28. The molecule has 1 N–H and O–H groups in total. The van der Waals surface area contributed by atoms with E-state index in [9.17, 15) is 4.79 Å². The van der Waals surface area contributed by atoms with Crippen LogP contribution in [-0.4, -0.2) is 16.8 Å². The zero-order valence-electron chi connectivity index (χ0n) is 8.39. The molecule has 1 aromatic rings. The van der Waals surface area contributed by atoms with E-state index in [-0.39, 0.29) is 6.42 Å². The Morgan fingerprint density at radius 3 is 2.53 bits per heavy atom. The molecule has 0 aromatic heterocycles. The molecule has 0 amide bonds. The van der Waals surface area contributed by atoms with Crippen LogP contribution in [0.1, 0.15) is 17.5 Å². The van der Waals surface area contributed by atoms with Crippen molar-refractivity contribution in [3.05, 3.63) is 41.5 Å². The van der Waals surface area contributed by atoms with Crippen molar-refractivity contribution in [3.63, 3.8) is 0 Å².